The highest BCUT2D eigenvalue weighted by Gasteiger charge is 2.11. The Morgan fingerprint density at radius 3 is 2.62 bits per heavy atom. The Balaban J connectivity index is 1.64. The molecule has 0 fully saturated rings. The molecule has 0 saturated carbocycles. The maximum absolute atomic E-state index is 12.3. The zero-order chi connectivity index (χ0) is 18.4. The molecule has 2 heterocycles. The van der Waals surface area contributed by atoms with Crippen LogP contribution >= 0.6 is 11.3 Å². The maximum atomic E-state index is 12.3. The van der Waals surface area contributed by atoms with Crippen LogP contribution in [0.25, 0.3) is 0 Å². The van der Waals surface area contributed by atoms with Gasteiger partial charge in [0.2, 0.25) is 5.91 Å². The molecule has 0 saturated heterocycles. The molecule has 132 valence electrons. The number of hydrogen-bond acceptors (Lipinski definition) is 6. The number of hydrogen-bond donors (Lipinski definition) is 2. The monoisotopic (exact) mass is 369 g/mol. The molecule has 0 spiro atoms. The molecule has 8 nitrogen and oxygen atoms in total. The van der Waals surface area contributed by atoms with E-state index in [4.69, 9.17) is 0 Å². The van der Waals surface area contributed by atoms with Crippen LogP contribution in [0.4, 0.5) is 10.8 Å². The Hall–Kier alpha value is -3.33. The molecule has 0 aliphatic heterocycles. The van der Waals surface area contributed by atoms with Gasteiger partial charge in [-0.1, -0.05) is 18.2 Å². The number of rotatable bonds is 6. The molecule has 3 aromatic rings. The van der Waals surface area contributed by atoms with Crippen molar-refractivity contribution >= 4 is 34.0 Å². The number of aromatic nitrogens is 3. The molecule has 1 aromatic carbocycles. The number of amides is 2. The first-order valence-electron chi connectivity index (χ1n) is 7.76. The molecule has 2 N–H and O–H groups in total. The van der Waals surface area contributed by atoms with Crippen molar-refractivity contribution in [1.29, 1.82) is 0 Å². The van der Waals surface area contributed by atoms with E-state index in [1.807, 2.05) is 6.07 Å². The third-order valence-electron chi connectivity index (χ3n) is 3.36. The standard InChI is InChI=1S/C17H15N5O3S/c23-14(20-17-18-9-11-26-17)8-10-22-15(24)7-6-13(21-22)16(25)19-12-4-2-1-3-5-12/h1-7,9,11H,8,10H2,(H,19,25)(H,18,20,23). The number of benzene rings is 1. The summed E-state index contributed by atoms with van der Waals surface area (Å²) in [5.41, 5.74) is 0.331. The summed E-state index contributed by atoms with van der Waals surface area (Å²) in [4.78, 5) is 40.0. The Kier molecular flexibility index (Phi) is 5.49. The minimum atomic E-state index is -0.433. The van der Waals surface area contributed by atoms with Gasteiger partial charge in [0.05, 0.1) is 6.54 Å². The fourth-order valence-electron chi connectivity index (χ4n) is 2.12. The number of para-hydroxylation sites is 1. The van der Waals surface area contributed by atoms with Crippen molar-refractivity contribution in [2.45, 2.75) is 13.0 Å². The first-order chi connectivity index (χ1) is 12.6. The highest BCUT2D eigenvalue weighted by Crippen LogP contribution is 2.10. The van der Waals surface area contributed by atoms with E-state index in [0.29, 0.717) is 10.8 Å². The van der Waals surface area contributed by atoms with E-state index < -0.39 is 5.91 Å². The summed E-state index contributed by atoms with van der Waals surface area (Å²) in [5.74, 6) is -0.718. The summed E-state index contributed by atoms with van der Waals surface area (Å²) >= 11 is 1.30. The normalized spacial score (nSPS) is 10.3. The zero-order valence-electron chi connectivity index (χ0n) is 13.6. The van der Waals surface area contributed by atoms with Gasteiger partial charge >= 0.3 is 0 Å². The van der Waals surface area contributed by atoms with Crippen molar-refractivity contribution in [3.63, 3.8) is 0 Å². The van der Waals surface area contributed by atoms with E-state index in [9.17, 15) is 14.4 Å². The van der Waals surface area contributed by atoms with Crippen molar-refractivity contribution in [2.24, 2.45) is 0 Å². The van der Waals surface area contributed by atoms with E-state index >= 15 is 0 Å². The molecule has 2 aromatic heterocycles. The third-order valence-corrected chi connectivity index (χ3v) is 4.05. The molecular weight excluding hydrogens is 354 g/mol. The van der Waals surface area contributed by atoms with Gasteiger partial charge in [-0.25, -0.2) is 9.67 Å². The van der Waals surface area contributed by atoms with Crippen molar-refractivity contribution < 1.29 is 9.59 Å². The molecule has 0 unspecified atom stereocenters. The molecule has 3 rings (SSSR count). The quantitative estimate of drug-likeness (QED) is 0.691. The molecule has 0 aliphatic carbocycles. The average molecular weight is 369 g/mol. The molecule has 9 heteroatoms. The van der Waals surface area contributed by atoms with Gasteiger partial charge in [0, 0.05) is 29.8 Å². The van der Waals surface area contributed by atoms with Gasteiger partial charge in [0.25, 0.3) is 11.5 Å². The minimum absolute atomic E-state index is 0.0379. The van der Waals surface area contributed by atoms with Crippen LogP contribution in [-0.4, -0.2) is 26.6 Å². The first-order valence-corrected chi connectivity index (χ1v) is 8.64. The lowest BCUT2D eigenvalue weighted by atomic mass is 10.3. The number of thiazole rings is 1. The summed E-state index contributed by atoms with van der Waals surface area (Å²) in [5, 5.41) is 11.6. The average Bonchev–Trinajstić information content (AvgIpc) is 3.14. The van der Waals surface area contributed by atoms with E-state index in [1.54, 1.807) is 35.8 Å². The minimum Gasteiger partial charge on any atom is -0.321 e. The molecule has 0 atom stereocenters. The summed E-state index contributed by atoms with van der Waals surface area (Å²) in [6.45, 7) is 0.0580. The van der Waals surface area contributed by atoms with Gasteiger partial charge in [-0.2, -0.15) is 5.10 Å². The predicted molar refractivity (Wildman–Crippen MR) is 98.3 cm³/mol. The Morgan fingerprint density at radius 2 is 1.88 bits per heavy atom. The van der Waals surface area contributed by atoms with Crippen LogP contribution in [0, 0.1) is 0 Å². The number of anilines is 2. The van der Waals surface area contributed by atoms with Crippen LogP contribution in [0.15, 0.2) is 58.8 Å². The Labute approximate surface area is 152 Å². The van der Waals surface area contributed by atoms with Crippen LogP contribution in [0.3, 0.4) is 0 Å². The zero-order valence-corrected chi connectivity index (χ0v) is 14.4. The van der Waals surface area contributed by atoms with Crippen molar-refractivity contribution in [3.05, 3.63) is 70.1 Å². The van der Waals surface area contributed by atoms with E-state index in [2.05, 4.69) is 20.7 Å². The lowest BCUT2D eigenvalue weighted by Gasteiger charge is -2.08. The largest absolute Gasteiger partial charge is 0.321 e. The van der Waals surface area contributed by atoms with Crippen LogP contribution in [-0.2, 0) is 11.3 Å². The summed E-state index contributed by atoms with van der Waals surface area (Å²) in [6, 6.07) is 11.5. The Bertz CT molecular complexity index is 954. The predicted octanol–water partition coefficient (Wildman–Crippen LogP) is 1.98. The van der Waals surface area contributed by atoms with Crippen molar-refractivity contribution in [3.8, 4) is 0 Å². The second-order valence-electron chi connectivity index (χ2n) is 5.24. The summed E-state index contributed by atoms with van der Waals surface area (Å²) in [7, 11) is 0. The first kappa shape index (κ1) is 17.5. The lowest BCUT2D eigenvalue weighted by Crippen LogP contribution is -2.28. The number of carbonyl (C=O) groups is 2. The van der Waals surface area contributed by atoms with Crippen LogP contribution in [0.1, 0.15) is 16.9 Å². The van der Waals surface area contributed by atoms with E-state index in [0.717, 1.165) is 4.68 Å². The molecule has 0 bridgehead atoms. The second-order valence-corrected chi connectivity index (χ2v) is 6.13. The van der Waals surface area contributed by atoms with Gasteiger partial charge in [-0.15, -0.1) is 11.3 Å². The van der Waals surface area contributed by atoms with Gasteiger partial charge in [-0.05, 0) is 18.2 Å². The number of carbonyl (C=O) groups excluding carboxylic acids is 2. The van der Waals surface area contributed by atoms with Crippen molar-refractivity contribution in [1.82, 2.24) is 14.8 Å². The second kappa shape index (κ2) is 8.17. The van der Waals surface area contributed by atoms with Gasteiger partial charge < -0.3 is 10.6 Å². The number of aryl methyl sites for hydroxylation is 1. The molecule has 0 aliphatic rings. The van der Waals surface area contributed by atoms with E-state index in [-0.39, 0.29) is 30.1 Å². The smallest absolute Gasteiger partial charge is 0.276 e. The van der Waals surface area contributed by atoms with Crippen LogP contribution < -0.4 is 16.2 Å². The van der Waals surface area contributed by atoms with Gasteiger partial charge in [0.1, 0.15) is 5.69 Å². The highest BCUT2D eigenvalue weighted by molar-refractivity contribution is 7.13. The summed E-state index contributed by atoms with van der Waals surface area (Å²) < 4.78 is 1.10. The van der Waals surface area contributed by atoms with E-state index in [1.165, 1.54) is 23.5 Å². The third kappa shape index (κ3) is 4.61. The number of nitrogens with one attached hydrogen (secondary N) is 2. The molecule has 2 amide bonds. The van der Waals surface area contributed by atoms with Gasteiger partial charge in [-0.3, -0.25) is 14.4 Å². The highest BCUT2D eigenvalue weighted by atomic mass is 32.1. The fraction of sp³-hybridized carbons (Fsp3) is 0.118. The van der Waals surface area contributed by atoms with Crippen molar-refractivity contribution in [2.75, 3.05) is 10.6 Å². The topological polar surface area (TPSA) is 106 Å². The van der Waals surface area contributed by atoms with Crippen LogP contribution in [0.2, 0.25) is 0 Å². The molecular formula is C17H15N5O3S. The maximum Gasteiger partial charge on any atom is 0.276 e. The fourth-order valence-corrected chi connectivity index (χ4v) is 2.67. The SMILES string of the molecule is O=C(CCn1nc(C(=O)Nc2ccccc2)ccc1=O)Nc1nccs1. The molecule has 26 heavy (non-hydrogen) atoms. The Morgan fingerprint density at radius 1 is 1.08 bits per heavy atom. The number of nitrogens with zero attached hydrogens (tertiary/aromatic N) is 3. The lowest BCUT2D eigenvalue weighted by molar-refractivity contribution is -0.116. The summed E-state index contributed by atoms with van der Waals surface area (Å²) in [6.07, 6.45) is 1.62. The molecule has 0 radical (unpaired) electrons. The van der Waals surface area contributed by atoms with Crippen LogP contribution in [0.5, 0.6) is 0 Å². The van der Waals surface area contributed by atoms with Gasteiger partial charge in [0.15, 0.2) is 5.13 Å².